The molecule has 1 rings (SSSR count). The molecular formula is C10H13NO3. The van der Waals surface area contributed by atoms with Gasteiger partial charge >= 0.3 is 5.97 Å². The van der Waals surface area contributed by atoms with Crippen LogP contribution in [-0.2, 0) is 9.59 Å². The summed E-state index contributed by atoms with van der Waals surface area (Å²) in [4.78, 5) is 20.9. The molecule has 1 aliphatic carbocycles. The van der Waals surface area contributed by atoms with Gasteiger partial charge in [0.05, 0.1) is 0 Å². The van der Waals surface area contributed by atoms with Crippen molar-refractivity contribution in [3.63, 3.8) is 0 Å². The summed E-state index contributed by atoms with van der Waals surface area (Å²) < 4.78 is 0. The molecule has 0 aromatic rings. The number of carbonyl (C=O) groups is 2. The molecule has 0 aromatic heterocycles. The number of hydrogen-bond donors (Lipinski definition) is 2. The lowest BCUT2D eigenvalue weighted by molar-refractivity contribution is -0.140. The van der Waals surface area contributed by atoms with E-state index < -0.39 is 12.0 Å². The molecule has 0 radical (unpaired) electrons. The molecular weight excluding hydrogens is 182 g/mol. The second-order valence-electron chi connectivity index (χ2n) is 3.22. The second-order valence-corrected chi connectivity index (χ2v) is 3.22. The van der Waals surface area contributed by atoms with E-state index in [1.807, 2.05) is 24.3 Å². The molecule has 0 saturated carbocycles. The van der Waals surface area contributed by atoms with E-state index in [0.29, 0.717) is 12.8 Å². The van der Waals surface area contributed by atoms with Gasteiger partial charge in [0.15, 0.2) is 0 Å². The van der Waals surface area contributed by atoms with Crippen molar-refractivity contribution in [2.75, 3.05) is 0 Å². The van der Waals surface area contributed by atoms with Crippen LogP contribution >= 0.6 is 0 Å². The van der Waals surface area contributed by atoms with Gasteiger partial charge in [0.25, 0.3) is 0 Å². The van der Waals surface area contributed by atoms with Gasteiger partial charge in [-0.3, -0.25) is 4.79 Å². The van der Waals surface area contributed by atoms with Gasteiger partial charge in [-0.05, 0) is 18.8 Å². The molecule has 2 unspecified atom stereocenters. The van der Waals surface area contributed by atoms with Crippen molar-refractivity contribution < 1.29 is 14.7 Å². The van der Waals surface area contributed by atoms with Gasteiger partial charge in [-0.2, -0.15) is 0 Å². The first-order chi connectivity index (χ1) is 6.74. The third-order valence-corrected chi connectivity index (χ3v) is 2.18. The molecule has 76 valence electrons. The summed E-state index contributed by atoms with van der Waals surface area (Å²) in [5.41, 5.74) is 0. The molecule has 1 amide bonds. The predicted molar refractivity (Wildman–Crippen MR) is 51.6 cm³/mol. The van der Waals surface area contributed by atoms with E-state index in [1.54, 1.807) is 0 Å². The maximum absolute atomic E-state index is 10.7. The van der Waals surface area contributed by atoms with Gasteiger partial charge < -0.3 is 10.4 Å². The fourth-order valence-corrected chi connectivity index (χ4v) is 1.43. The fourth-order valence-electron chi connectivity index (χ4n) is 1.43. The number of carboxylic acid groups (broad SMARTS) is 1. The quantitative estimate of drug-likeness (QED) is 0.635. The highest BCUT2D eigenvalue weighted by atomic mass is 16.4. The molecule has 1 aliphatic rings. The summed E-state index contributed by atoms with van der Waals surface area (Å²) in [5, 5.41) is 11.1. The SMILES string of the molecule is O=CNC(CC1C=CC=CC1)C(=O)O. The number of allylic oxidation sites excluding steroid dienone is 4. The van der Waals surface area contributed by atoms with Crippen molar-refractivity contribution in [1.82, 2.24) is 5.32 Å². The Morgan fingerprint density at radius 3 is 2.93 bits per heavy atom. The van der Waals surface area contributed by atoms with E-state index in [9.17, 15) is 9.59 Å². The lowest BCUT2D eigenvalue weighted by Gasteiger charge is -2.17. The number of nitrogens with one attached hydrogen (secondary N) is 1. The average Bonchev–Trinajstić information content (AvgIpc) is 2.18. The summed E-state index contributed by atoms with van der Waals surface area (Å²) in [6.07, 6.45) is 9.48. The van der Waals surface area contributed by atoms with Crippen molar-refractivity contribution in [3.05, 3.63) is 24.3 Å². The van der Waals surface area contributed by atoms with Crippen LogP contribution < -0.4 is 5.32 Å². The zero-order chi connectivity index (χ0) is 10.4. The van der Waals surface area contributed by atoms with E-state index in [1.165, 1.54) is 0 Å². The van der Waals surface area contributed by atoms with Crippen LogP contribution in [0.5, 0.6) is 0 Å². The molecule has 2 N–H and O–H groups in total. The maximum atomic E-state index is 10.7. The Kier molecular flexibility index (Phi) is 3.91. The first kappa shape index (κ1) is 10.5. The van der Waals surface area contributed by atoms with Gasteiger partial charge in [-0.25, -0.2) is 4.79 Å². The van der Waals surface area contributed by atoms with Crippen molar-refractivity contribution in [2.45, 2.75) is 18.9 Å². The molecule has 14 heavy (non-hydrogen) atoms. The second kappa shape index (κ2) is 5.21. The van der Waals surface area contributed by atoms with E-state index >= 15 is 0 Å². The highest BCUT2D eigenvalue weighted by molar-refractivity contribution is 5.76. The highest BCUT2D eigenvalue weighted by Crippen LogP contribution is 2.17. The minimum Gasteiger partial charge on any atom is -0.480 e. The molecule has 0 aromatic carbocycles. The Morgan fingerprint density at radius 1 is 1.64 bits per heavy atom. The summed E-state index contributed by atoms with van der Waals surface area (Å²) in [5.74, 6) is -0.784. The first-order valence-electron chi connectivity index (χ1n) is 4.50. The van der Waals surface area contributed by atoms with E-state index in [-0.39, 0.29) is 5.92 Å². The van der Waals surface area contributed by atoms with E-state index in [4.69, 9.17) is 5.11 Å². The molecule has 4 heteroatoms. The largest absolute Gasteiger partial charge is 0.480 e. The Morgan fingerprint density at radius 2 is 2.43 bits per heavy atom. The zero-order valence-electron chi connectivity index (χ0n) is 7.72. The van der Waals surface area contributed by atoms with Crippen LogP contribution in [0.2, 0.25) is 0 Å². The van der Waals surface area contributed by atoms with Crippen molar-refractivity contribution >= 4 is 12.4 Å². The number of carboxylic acids is 1. The van der Waals surface area contributed by atoms with Crippen LogP contribution in [0, 0.1) is 5.92 Å². The molecule has 0 aliphatic heterocycles. The Balaban J connectivity index is 2.46. The monoisotopic (exact) mass is 195 g/mol. The number of amides is 1. The summed E-state index contributed by atoms with van der Waals surface area (Å²) in [6.45, 7) is 0. The molecule has 0 spiro atoms. The molecule has 4 nitrogen and oxygen atoms in total. The first-order valence-corrected chi connectivity index (χ1v) is 4.50. The van der Waals surface area contributed by atoms with Crippen LogP contribution in [0.3, 0.4) is 0 Å². The van der Waals surface area contributed by atoms with E-state index in [2.05, 4.69) is 5.32 Å². The Labute approximate surface area is 82.3 Å². The normalized spacial score (nSPS) is 21.6. The van der Waals surface area contributed by atoms with Gasteiger partial charge in [0.2, 0.25) is 6.41 Å². The van der Waals surface area contributed by atoms with Crippen molar-refractivity contribution in [2.24, 2.45) is 5.92 Å². The molecule has 2 atom stereocenters. The van der Waals surface area contributed by atoms with Crippen LogP contribution in [0.25, 0.3) is 0 Å². The van der Waals surface area contributed by atoms with Gasteiger partial charge in [0.1, 0.15) is 6.04 Å². The lowest BCUT2D eigenvalue weighted by atomic mass is 9.93. The van der Waals surface area contributed by atoms with Gasteiger partial charge in [-0.15, -0.1) is 0 Å². The van der Waals surface area contributed by atoms with Gasteiger partial charge in [-0.1, -0.05) is 24.3 Å². The smallest absolute Gasteiger partial charge is 0.326 e. The molecule has 0 saturated heterocycles. The van der Waals surface area contributed by atoms with Gasteiger partial charge in [0, 0.05) is 0 Å². The minimum absolute atomic E-state index is 0.202. The average molecular weight is 195 g/mol. The third kappa shape index (κ3) is 3.05. The highest BCUT2D eigenvalue weighted by Gasteiger charge is 2.20. The van der Waals surface area contributed by atoms with Crippen molar-refractivity contribution in [1.29, 1.82) is 0 Å². The topological polar surface area (TPSA) is 66.4 Å². The zero-order valence-corrected chi connectivity index (χ0v) is 7.72. The Bertz CT molecular complexity index is 271. The lowest BCUT2D eigenvalue weighted by Crippen LogP contribution is -2.37. The summed E-state index contributed by atoms with van der Waals surface area (Å²) >= 11 is 0. The molecule has 0 heterocycles. The van der Waals surface area contributed by atoms with Crippen LogP contribution in [0.1, 0.15) is 12.8 Å². The Hall–Kier alpha value is -1.58. The summed E-state index contributed by atoms with van der Waals surface area (Å²) in [7, 11) is 0. The summed E-state index contributed by atoms with van der Waals surface area (Å²) in [6, 6.07) is -0.784. The predicted octanol–water partition coefficient (Wildman–Crippen LogP) is 0.708. The minimum atomic E-state index is -0.986. The number of rotatable bonds is 5. The fraction of sp³-hybridized carbons (Fsp3) is 0.400. The van der Waals surface area contributed by atoms with Crippen LogP contribution in [-0.4, -0.2) is 23.5 Å². The number of carbonyl (C=O) groups excluding carboxylic acids is 1. The molecule has 0 bridgehead atoms. The number of hydrogen-bond acceptors (Lipinski definition) is 2. The third-order valence-electron chi connectivity index (χ3n) is 2.18. The molecule has 0 fully saturated rings. The standard InChI is InChI=1S/C10H13NO3/c12-7-11-9(10(13)14)6-8-4-2-1-3-5-8/h1-4,7-9H,5-6H2,(H,11,12)(H,13,14). The number of aliphatic carboxylic acids is 1. The van der Waals surface area contributed by atoms with Crippen LogP contribution in [0.15, 0.2) is 24.3 Å². The van der Waals surface area contributed by atoms with Crippen LogP contribution in [0.4, 0.5) is 0 Å². The maximum Gasteiger partial charge on any atom is 0.326 e. The van der Waals surface area contributed by atoms with Crippen molar-refractivity contribution in [3.8, 4) is 0 Å². The van der Waals surface area contributed by atoms with E-state index in [0.717, 1.165) is 6.42 Å².